The van der Waals surface area contributed by atoms with Gasteiger partial charge in [-0.3, -0.25) is 4.68 Å². The third kappa shape index (κ3) is 2.35. The maximum Gasteiger partial charge on any atom is 0.0691 e. The lowest BCUT2D eigenvalue weighted by Crippen LogP contribution is -2.10. The fourth-order valence-corrected chi connectivity index (χ4v) is 1.67. The average molecular weight is 194 g/mol. The van der Waals surface area contributed by atoms with E-state index in [0.717, 1.165) is 31.4 Å². The molecule has 2 rings (SSSR count). The highest BCUT2D eigenvalue weighted by atomic mass is 16.3. The highest BCUT2D eigenvalue weighted by molar-refractivity contribution is 5.12. The van der Waals surface area contributed by atoms with Gasteiger partial charge in [0, 0.05) is 19.2 Å². The molecule has 14 heavy (non-hydrogen) atoms. The molecule has 0 aromatic carbocycles. The lowest BCUT2D eigenvalue weighted by Gasteiger charge is -2.05. The lowest BCUT2D eigenvalue weighted by molar-refractivity contribution is 0.151. The standard InChI is InChI=1S/C11H18N2O/c1-9(2)7-13-8-10(6-12-13)5-11(14)3-4-11/h6,8-9,14H,3-5,7H2,1-2H3. The van der Waals surface area contributed by atoms with Crippen molar-refractivity contribution in [3.63, 3.8) is 0 Å². The summed E-state index contributed by atoms with van der Waals surface area (Å²) in [5, 5.41) is 14.0. The summed E-state index contributed by atoms with van der Waals surface area (Å²) in [7, 11) is 0. The third-order valence-electron chi connectivity index (χ3n) is 2.60. The maximum absolute atomic E-state index is 9.74. The molecule has 1 fully saturated rings. The van der Waals surface area contributed by atoms with Crippen LogP contribution in [0.25, 0.3) is 0 Å². The molecule has 1 aromatic rings. The van der Waals surface area contributed by atoms with Gasteiger partial charge in [0.15, 0.2) is 0 Å². The molecule has 1 aliphatic carbocycles. The third-order valence-corrected chi connectivity index (χ3v) is 2.60. The second-order valence-electron chi connectivity index (χ2n) is 4.87. The summed E-state index contributed by atoms with van der Waals surface area (Å²) in [5.41, 5.74) is 0.761. The van der Waals surface area contributed by atoms with Crippen LogP contribution < -0.4 is 0 Å². The first-order valence-electron chi connectivity index (χ1n) is 5.31. The summed E-state index contributed by atoms with van der Waals surface area (Å²) in [4.78, 5) is 0. The van der Waals surface area contributed by atoms with E-state index >= 15 is 0 Å². The number of aromatic nitrogens is 2. The molecule has 0 bridgehead atoms. The normalized spacial score (nSPS) is 18.9. The molecule has 0 radical (unpaired) electrons. The molecular weight excluding hydrogens is 176 g/mol. The van der Waals surface area contributed by atoms with Crippen molar-refractivity contribution in [3.8, 4) is 0 Å². The molecule has 0 amide bonds. The summed E-state index contributed by atoms with van der Waals surface area (Å²) in [6, 6.07) is 0. The number of rotatable bonds is 4. The molecule has 0 saturated heterocycles. The van der Waals surface area contributed by atoms with E-state index in [2.05, 4.69) is 25.1 Å². The van der Waals surface area contributed by atoms with Crippen molar-refractivity contribution < 1.29 is 5.11 Å². The molecular formula is C11H18N2O. The molecule has 1 heterocycles. The molecule has 1 aliphatic rings. The first-order valence-corrected chi connectivity index (χ1v) is 5.31. The van der Waals surface area contributed by atoms with Crippen LogP contribution in [0.2, 0.25) is 0 Å². The van der Waals surface area contributed by atoms with Crippen molar-refractivity contribution in [1.29, 1.82) is 0 Å². The van der Waals surface area contributed by atoms with E-state index in [1.165, 1.54) is 0 Å². The van der Waals surface area contributed by atoms with Crippen LogP contribution in [-0.2, 0) is 13.0 Å². The Bertz CT molecular complexity index is 313. The molecule has 1 saturated carbocycles. The van der Waals surface area contributed by atoms with Crippen LogP contribution in [0.1, 0.15) is 32.3 Å². The second kappa shape index (κ2) is 3.39. The summed E-state index contributed by atoms with van der Waals surface area (Å²) in [5.74, 6) is 0.617. The molecule has 1 N–H and O–H groups in total. The molecule has 78 valence electrons. The van der Waals surface area contributed by atoms with E-state index in [1.54, 1.807) is 0 Å². The van der Waals surface area contributed by atoms with Gasteiger partial charge in [0.25, 0.3) is 0 Å². The van der Waals surface area contributed by atoms with Gasteiger partial charge in [-0.05, 0) is 24.3 Å². The zero-order chi connectivity index (χ0) is 10.2. The highest BCUT2D eigenvalue weighted by Gasteiger charge is 2.40. The largest absolute Gasteiger partial charge is 0.390 e. The van der Waals surface area contributed by atoms with Crippen LogP contribution in [0.4, 0.5) is 0 Å². The molecule has 0 atom stereocenters. The number of nitrogens with zero attached hydrogens (tertiary/aromatic N) is 2. The Morgan fingerprint density at radius 1 is 1.57 bits per heavy atom. The number of aliphatic hydroxyl groups is 1. The summed E-state index contributed by atoms with van der Waals surface area (Å²) in [6.07, 6.45) is 6.59. The van der Waals surface area contributed by atoms with Crippen LogP contribution >= 0.6 is 0 Å². The summed E-state index contributed by atoms with van der Waals surface area (Å²) in [6.45, 7) is 5.31. The van der Waals surface area contributed by atoms with Crippen molar-refractivity contribution in [3.05, 3.63) is 18.0 Å². The van der Waals surface area contributed by atoms with Gasteiger partial charge in [0.1, 0.15) is 0 Å². The summed E-state index contributed by atoms with van der Waals surface area (Å²) < 4.78 is 1.96. The zero-order valence-electron chi connectivity index (χ0n) is 8.90. The Hall–Kier alpha value is -0.830. The van der Waals surface area contributed by atoms with Crippen molar-refractivity contribution in [1.82, 2.24) is 9.78 Å². The predicted molar refractivity (Wildman–Crippen MR) is 55.0 cm³/mol. The number of hydrogen-bond acceptors (Lipinski definition) is 2. The molecule has 1 aromatic heterocycles. The number of hydrogen-bond donors (Lipinski definition) is 1. The average Bonchev–Trinajstić information content (AvgIpc) is 2.61. The highest BCUT2D eigenvalue weighted by Crippen LogP contribution is 2.38. The van der Waals surface area contributed by atoms with E-state index in [1.807, 2.05) is 10.9 Å². The van der Waals surface area contributed by atoms with Gasteiger partial charge in [-0.1, -0.05) is 13.8 Å². The topological polar surface area (TPSA) is 38.0 Å². The van der Waals surface area contributed by atoms with Gasteiger partial charge in [0.05, 0.1) is 11.8 Å². The Labute approximate surface area is 84.7 Å². The van der Waals surface area contributed by atoms with E-state index in [0.29, 0.717) is 5.92 Å². The minimum Gasteiger partial charge on any atom is -0.390 e. The SMILES string of the molecule is CC(C)Cn1cc(CC2(O)CC2)cn1. The van der Waals surface area contributed by atoms with Gasteiger partial charge < -0.3 is 5.11 Å². The van der Waals surface area contributed by atoms with Crippen molar-refractivity contribution >= 4 is 0 Å². The Kier molecular flexibility index (Phi) is 2.35. The predicted octanol–water partition coefficient (Wildman–Crippen LogP) is 1.61. The smallest absolute Gasteiger partial charge is 0.0691 e. The quantitative estimate of drug-likeness (QED) is 0.790. The minimum atomic E-state index is -0.397. The molecule has 0 spiro atoms. The molecule has 0 unspecified atom stereocenters. The van der Waals surface area contributed by atoms with Crippen molar-refractivity contribution in [2.24, 2.45) is 5.92 Å². The van der Waals surface area contributed by atoms with E-state index in [9.17, 15) is 5.11 Å². The van der Waals surface area contributed by atoms with Crippen LogP contribution in [0.15, 0.2) is 12.4 Å². The first-order chi connectivity index (χ1) is 6.57. The van der Waals surface area contributed by atoms with Crippen LogP contribution in [-0.4, -0.2) is 20.5 Å². The lowest BCUT2D eigenvalue weighted by atomic mass is 10.1. The first kappa shape index (κ1) is 9.71. The fraction of sp³-hybridized carbons (Fsp3) is 0.727. The van der Waals surface area contributed by atoms with Gasteiger partial charge in [0.2, 0.25) is 0 Å². The van der Waals surface area contributed by atoms with Gasteiger partial charge in [-0.2, -0.15) is 5.10 Å². The molecule has 0 aliphatic heterocycles. The molecule has 3 heteroatoms. The van der Waals surface area contributed by atoms with E-state index in [4.69, 9.17) is 0 Å². The van der Waals surface area contributed by atoms with Crippen LogP contribution in [0.3, 0.4) is 0 Å². The minimum absolute atomic E-state index is 0.397. The zero-order valence-corrected chi connectivity index (χ0v) is 8.90. The Balaban J connectivity index is 1.95. The van der Waals surface area contributed by atoms with E-state index in [-0.39, 0.29) is 0 Å². The Morgan fingerprint density at radius 2 is 2.29 bits per heavy atom. The van der Waals surface area contributed by atoms with Gasteiger partial charge in [-0.15, -0.1) is 0 Å². The Morgan fingerprint density at radius 3 is 2.86 bits per heavy atom. The summed E-state index contributed by atoms with van der Waals surface area (Å²) >= 11 is 0. The van der Waals surface area contributed by atoms with E-state index < -0.39 is 5.60 Å². The fourth-order valence-electron chi connectivity index (χ4n) is 1.67. The molecule has 3 nitrogen and oxygen atoms in total. The maximum atomic E-state index is 9.74. The second-order valence-corrected chi connectivity index (χ2v) is 4.87. The van der Waals surface area contributed by atoms with Crippen molar-refractivity contribution in [2.45, 2.75) is 45.3 Å². The van der Waals surface area contributed by atoms with Crippen LogP contribution in [0.5, 0.6) is 0 Å². The van der Waals surface area contributed by atoms with Gasteiger partial charge >= 0.3 is 0 Å². The monoisotopic (exact) mass is 194 g/mol. The van der Waals surface area contributed by atoms with Crippen molar-refractivity contribution in [2.75, 3.05) is 0 Å². The van der Waals surface area contributed by atoms with Gasteiger partial charge in [-0.25, -0.2) is 0 Å². The van der Waals surface area contributed by atoms with Crippen LogP contribution in [0, 0.1) is 5.92 Å².